The van der Waals surface area contributed by atoms with E-state index in [1.54, 1.807) is 22.7 Å². The summed E-state index contributed by atoms with van der Waals surface area (Å²) in [7, 11) is 0. The third-order valence-electron chi connectivity index (χ3n) is 5.28. The average molecular weight is 448 g/mol. The Balaban J connectivity index is 1.45. The van der Waals surface area contributed by atoms with Crippen molar-refractivity contribution in [2.75, 3.05) is 18.4 Å². The Morgan fingerprint density at radius 3 is 2.56 bits per heavy atom. The van der Waals surface area contributed by atoms with Crippen LogP contribution in [0.5, 0.6) is 0 Å². The van der Waals surface area contributed by atoms with Crippen molar-refractivity contribution in [3.8, 4) is 11.8 Å². The van der Waals surface area contributed by atoms with Crippen LogP contribution in [0.4, 0.5) is 5.82 Å². The summed E-state index contributed by atoms with van der Waals surface area (Å²) >= 11 is 6.25. The van der Waals surface area contributed by atoms with E-state index in [0.29, 0.717) is 25.5 Å². The van der Waals surface area contributed by atoms with Gasteiger partial charge in [0.15, 0.2) is 0 Å². The zero-order valence-corrected chi connectivity index (χ0v) is 18.6. The number of hydrogen-bond acceptors (Lipinski definition) is 4. The fraction of sp³-hybridized carbons (Fsp3) is 0.250. The molecular weight excluding hydrogens is 426 g/mol. The van der Waals surface area contributed by atoms with Crippen molar-refractivity contribution in [1.82, 2.24) is 19.7 Å². The molecule has 3 heterocycles. The number of benzene rings is 1. The molecule has 1 aliphatic rings. The van der Waals surface area contributed by atoms with E-state index in [1.165, 1.54) is 6.20 Å². The number of hydrogen-bond donors (Lipinski definition) is 1. The Morgan fingerprint density at radius 2 is 1.88 bits per heavy atom. The molecule has 0 spiro atoms. The molecule has 4 rings (SSSR count). The molecule has 1 aliphatic heterocycles. The predicted octanol–water partition coefficient (Wildman–Crippen LogP) is 3.37. The maximum absolute atomic E-state index is 12.9. The van der Waals surface area contributed by atoms with Gasteiger partial charge in [-0.15, -0.1) is 0 Å². The first-order chi connectivity index (χ1) is 15.4. The molecule has 0 radical (unpaired) electrons. The van der Waals surface area contributed by atoms with E-state index in [1.807, 2.05) is 43.3 Å². The van der Waals surface area contributed by atoms with E-state index >= 15 is 0 Å². The Morgan fingerprint density at radius 1 is 1.16 bits per heavy atom. The molecule has 1 fully saturated rings. The first-order valence-electron chi connectivity index (χ1n) is 10.2. The maximum Gasteiger partial charge on any atom is 0.276 e. The molecule has 162 valence electrons. The van der Waals surface area contributed by atoms with Crippen molar-refractivity contribution in [2.45, 2.75) is 20.4 Å². The van der Waals surface area contributed by atoms with Crippen LogP contribution in [0.1, 0.15) is 34.1 Å². The Labute approximate surface area is 191 Å². The number of likely N-dealkylation sites (tertiary alicyclic amines) is 1. The number of nitrogens with zero attached hydrogens (tertiary/aromatic N) is 4. The van der Waals surface area contributed by atoms with Crippen LogP contribution in [0.2, 0.25) is 5.02 Å². The smallest absolute Gasteiger partial charge is 0.276 e. The van der Waals surface area contributed by atoms with Gasteiger partial charge >= 0.3 is 0 Å². The van der Waals surface area contributed by atoms with Gasteiger partial charge in [-0.3, -0.25) is 14.3 Å². The van der Waals surface area contributed by atoms with Crippen molar-refractivity contribution in [3.63, 3.8) is 0 Å². The number of carbonyl (C=O) groups is 2. The molecular formula is C24H22ClN5O2. The topological polar surface area (TPSA) is 80.1 Å². The lowest BCUT2D eigenvalue weighted by Gasteiger charge is -2.38. The lowest BCUT2D eigenvalue weighted by Crippen LogP contribution is -2.50. The van der Waals surface area contributed by atoms with Crippen molar-refractivity contribution < 1.29 is 9.59 Å². The molecule has 1 saturated heterocycles. The zero-order chi connectivity index (χ0) is 22.7. The van der Waals surface area contributed by atoms with Gasteiger partial charge in [0, 0.05) is 49.8 Å². The summed E-state index contributed by atoms with van der Waals surface area (Å²) in [6.07, 6.45) is 3.09. The van der Waals surface area contributed by atoms with Crippen LogP contribution in [-0.2, 0) is 11.3 Å². The van der Waals surface area contributed by atoms with E-state index in [0.717, 1.165) is 16.7 Å². The SMILES string of the molecule is CC(=O)N1CC(Cn2ncc(Cl)c2C(=O)Nc2ncc(C#Cc3ccccc3)cc2C)C1. The first-order valence-corrected chi connectivity index (χ1v) is 10.6. The number of rotatable bonds is 4. The summed E-state index contributed by atoms with van der Waals surface area (Å²) in [5.41, 5.74) is 2.74. The van der Waals surface area contributed by atoms with Crippen LogP contribution >= 0.6 is 11.6 Å². The summed E-state index contributed by atoms with van der Waals surface area (Å²) in [6, 6.07) is 11.6. The quantitative estimate of drug-likeness (QED) is 0.622. The normalized spacial score (nSPS) is 13.2. The monoisotopic (exact) mass is 447 g/mol. The minimum Gasteiger partial charge on any atom is -0.342 e. The molecule has 0 saturated carbocycles. The number of halogens is 1. The molecule has 0 bridgehead atoms. The molecule has 3 aromatic rings. The summed E-state index contributed by atoms with van der Waals surface area (Å²) in [6.45, 7) is 5.23. The molecule has 2 amide bonds. The number of carbonyl (C=O) groups excluding carboxylic acids is 2. The summed E-state index contributed by atoms with van der Waals surface area (Å²) in [5.74, 6) is 6.53. The van der Waals surface area contributed by atoms with Gasteiger partial charge in [0.25, 0.3) is 5.91 Å². The summed E-state index contributed by atoms with van der Waals surface area (Å²) in [5, 5.41) is 7.34. The number of amides is 2. The van der Waals surface area contributed by atoms with E-state index in [2.05, 4.69) is 27.2 Å². The highest BCUT2D eigenvalue weighted by Gasteiger charge is 2.30. The van der Waals surface area contributed by atoms with Gasteiger partial charge in [0.1, 0.15) is 11.5 Å². The second kappa shape index (κ2) is 9.25. The molecule has 0 atom stereocenters. The van der Waals surface area contributed by atoms with Crippen LogP contribution in [0, 0.1) is 24.7 Å². The lowest BCUT2D eigenvalue weighted by molar-refractivity contribution is -0.135. The fourth-order valence-corrected chi connectivity index (χ4v) is 3.75. The fourth-order valence-electron chi connectivity index (χ4n) is 3.52. The largest absolute Gasteiger partial charge is 0.342 e. The minimum atomic E-state index is -0.381. The third kappa shape index (κ3) is 4.82. The second-order valence-corrected chi connectivity index (χ2v) is 8.18. The van der Waals surface area contributed by atoms with Gasteiger partial charge in [-0.2, -0.15) is 5.10 Å². The summed E-state index contributed by atoms with van der Waals surface area (Å²) in [4.78, 5) is 30.4. The Hall–Kier alpha value is -3.63. The highest BCUT2D eigenvalue weighted by atomic mass is 35.5. The van der Waals surface area contributed by atoms with Crippen LogP contribution in [-0.4, -0.2) is 44.6 Å². The number of aromatic nitrogens is 3. The van der Waals surface area contributed by atoms with Crippen LogP contribution in [0.25, 0.3) is 0 Å². The van der Waals surface area contributed by atoms with Crippen molar-refractivity contribution in [1.29, 1.82) is 0 Å². The second-order valence-electron chi connectivity index (χ2n) is 7.77. The van der Waals surface area contributed by atoms with Gasteiger partial charge in [0.2, 0.25) is 5.91 Å². The highest BCUT2D eigenvalue weighted by Crippen LogP contribution is 2.23. The Bertz CT molecular complexity index is 1220. The van der Waals surface area contributed by atoms with Crippen molar-refractivity contribution >= 4 is 29.2 Å². The molecule has 0 unspecified atom stereocenters. The molecule has 0 aliphatic carbocycles. The molecule has 1 aromatic carbocycles. The molecule has 1 N–H and O–H groups in total. The number of nitrogens with one attached hydrogen (secondary N) is 1. The Kier molecular flexibility index (Phi) is 6.24. The standard InChI is InChI=1S/C24H22ClN5O2/c1-16-10-19(9-8-18-6-4-3-5-7-18)11-26-23(16)28-24(32)22-21(25)12-27-30(22)15-20-13-29(14-20)17(2)31/h3-7,10-12,20H,13-15H2,1-2H3,(H,26,28,32). The molecule has 2 aromatic heterocycles. The van der Waals surface area contributed by atoms with Crippen molar-refractivity contribution in [2.24, 2.45) is 5.92 Å². The van der Waals surface area contributed by atoms with E-state index in [9.17, 15) is 9.59 Å². The zero-order valence-electron chi connectivity index (χ0n) is 17.8. The summed E-state index contributed by atoms with van der Waals surface area (Å²) < 4.78 is 1.59. The van der Waals surface area contributed by atoms with E-state index in [4.69, 9.17) is 11.6 Å². The first kappa shape index (κ1) is 21.6. The third-order valence-corrected chi connectivity index (χ3v) is 5.56. The van der Waals surface area contributed by atoms with Gasteiger partial charge < -0.3 is 10.2 Å². The van der Waals surface area contributed by atoms with Crippen LogP contribution < -0.4 is 5.32 Å². The van der Waals surface area contributed by atoms with E-state index < -0.39 is 0 Å². The molecule has 32 heavy (non-hydrogen) atoms. The van der Waals surface area contributed by atoms with Gasteiger partial charge in [0.05, 0.1) is 11.2 Å². The maximum atomic E-state index is 12.9. The average Bonchev–Trinajstić information content (AvgIpc) is 3.11. The minimum absolute atomic E-state index is 0.0520. The highest BCUT2D eigenvalue weighted by molar-refractivity contribution is 6.34. The van der Waals surface area contributed by atoms with Gasteiger partial charge in [-0.25, -0.2) is 4.98 Å². The lowest BCUT2D eigenvalue weighted by atomic mass is 10.0. The van der Waals surface area contributed by atoms with Crippen LogP contribution in [0.3, 0.4) is 0 Å². The molecule has 7 nitrogen and oxygen atoms in total. The molecule has 8 heteroatoms. The number of pyridine rings is 1. The van der Waals surface area contributed by atoms with Gasteiger partial charge in [-0.05, 0) is 30.7 Å². The number of anilines is 1. The number of aryl methyl sites for hydroxylation is 1. The van der Waals surface area contributed by atoms with Crippen LogP contribution in [0.15, 0.2) is 48.8 Å². The van der Waals surface area contributed by atoms with Gasteiger partial charge in [-0.1, -0.05) is 41.6 Å². The predicted molar refractivity (Wildman–Crippen MR) is 122 cm³/mol. The van der Waals surface area contributed by atoms with Crippen molar-refractivity contribution in [3.05, 3.63) is 76.2 Å². The van der Waals surface area contributed by atoms with E-state index in [-0.39, 0.29) is 28.4 Å².